The van der Waals surface area contributed by atoms with E-state index in [1.807, 2.05) is 49.2 Å². The molecule has 1 fully saturated rings. The zero-order valence-electron chi connectivity index (χ0n) is 20.2. The first-order valence-electron chi connectivity index (χ1n) is 12.0. The topological polar surface area (TPSA) is 109 Å². The number of fused-ring (bicyclic) bond motifs is 1. The summed E-state index contributed by atoms with van der Waals surface area (Å²) >= 11 is 1.25. The fraction of sp³-hybridized carbons (Fsp3) is 0.375. The molecule has 0 saturated carbocycles. The van der Waals surface area contributed by atoms with E-state index >= 15 is 0 Å². The van der Waals surface area contributed by atoms with Gasteiger partial charge in [0.1, 0.15) is 4.21 Å². The van der Waals surface area contributed by atoms with Crippen LogP contribution < -0.4 is 10.6 Å². The highest BCUT2D eigenvalue weighted by atomic mass is 32.2. The minimum Gasteiger partial charge on any atom is -0.329 e. The summed E-state index contributed by atoms with van der Waals surface area (Å²) in [5, 5.41) is 11.8. The van der Waals surface area contributed by atoms with Gasteiger partial charge < -0.3 is 10.6 Å². The van der Waals surface area contributed by atoms with Crippen LogP contribution in [0.25, 0.3) is 22.5 Å². The number of thiophene rings is 1. The number of sulfonamides is 1. The minimum absolute atomic E-state index is 0.387. The maximum atomic E-state index is 13.2. The van der Waals surface area contributed by atoms with E-state index in [0.717, 1.165) is 65.4 Å². The van der Waals surface area contributed by atoms with Crippen molar-refractivity contribution in [2.24, 2.45) is 7.05 Å². The van der Waals surface area contributed by atoms with Gasteiger partial charge in [-0.1, -0.05) is 6.08 Å². The van der Waals surface area contributed by atoms with Gasteiger partial charge in [-0.2, -0.15) is 9.40 Å². The largest absolute Gasteiger partial charge is 0.329 e. The molecule has 12 heteroatoms. The van der Waals surface area contributed by atoms with Gasteiger partial charge in [0.05, 0.1) is 28.8 Å². The molecule has 1 saturated heterocycles. The monoisotopic (exact) mass is 524 g/mol. The first-order valence-corrected chi connectivity index (χ1v) is 14.3. The van der Waals surface area contributed by atoms with Crippen molar-refractivity contribution in [1.82, 2.24) is 33.8 Å². The molecule has 6 heterocycles. The van der Waals surface area contributed by atoms with Crippen LogP contribution in [0.4, 0.5) is 10.8 Å². The third-order valence-electron chi connectivity index (χ3n) is 6.60. The quantitative estimate of drug-likeness (QED) is 0.398. The van der Waals surface area contributed by atoms with Crippen LogP contribution in [0.1, 0.15) is 30.5 Å². The summed E-state index contributed by atoms with van der Waals surface area (Å²) < 4.78 is 32.2. The van der Waals surface area contributed by atoms with Crippen LogP contribution in [-0.2, 0) is 17.1 Å². The number of hydrogen-bond acceptors (Lipinski definition) is 8. The van der Waals surface area contributed by atoms with E-state index in [0.29, 0.717) is 28.8 Å². The normalized spacial score (nSPS) is 17.1. The van der Waals surface area contributed by atoms with E-state index < -0.39 is 10.0 Å². The smallest absolute Gasteiger partial charge is 0.252 e. The molecule has 4 aromatic rings. The Morgan fingerprint density at radius 1 is 1.17 bits per heavy atom. The second-order valence-electron chi connectivity index (χ2n) is 9.23. The molecule has 10 nitrogen and oxygen atoms in total. The molecule has 0 unspecified atom stereocenters. The van der Waals surface area contributed by atoms with E-state index in [-0.39, 0.29) is 0 Å². The molecule has 0 bridgehead atoms. The Labute approximate surface area is 213 Å². The molecule has 0 aliphatic carbocycles. The third kappa shape index (κ3) is 4.13. The van der Waals surface area contributed by atoms with Crippen LogP contribution in [0.15, 0.2) is 41.1 Å². The fourth-order valence-corrected chi connectivity index (χ4v) is 8.03. The second kappa shape index (κ2) is 9.11. The SMILES string of the molecule is Cc1cc(Nc2nc(C3=CCCNC3)cn3c(-c4cnn(C)c4)cnc23)sc1S(=O)(=O)N1CCCC1. The van der Waals surface area contributed by atoms with Crippen molar-refractivity contribution in [2.45, 2.75) is 30.4 Å². The highest BCUT2D eigenvalue weighted by Gasteiger charge is 2.30. The number of aryl methyl sites for hydroxylation is 2. The van der Waals surface area contributed by atoms with Crippen molar-refractivity contribution in [3.8, 4) is 11.3 Å². The van der Waals surface area contributed by atoms with Crippen molar-refractivity contribution in [3.63, 3.8) is 0 Å². The van der Waals surface area contributed by atoms with Crippen LogP contribution in [0, 0.1) is 6.92 Å². The van der Waals surface area contributed by atoms with E-state index in [4.69, 9.17) is 4.98 Å². The molecule has 0 atom stereocenters. The average Bonchev–Trinajstić information content (AvgIpc) is 3.67. The molecular weight excluding hydrogens is 496 g/mol. The van der Waals surface area contributed by atoms with Crippen molar-refractivity contribution in [2.75, 3.05) is 31.5 Å². The number of hydrogen-bond donors (Lipinski definition) is 2. The molecule has 188 valence electrons. The summed E-state index contributed by atoms with van der Waals surface area (Å²) in [6.07, 6.45) is 12.6. The van der Waals surface area contributed by atoms with Crippen LogP contribution >= 0.6 is 11.3 Å². The molecule has 0 amide bonds. The summed E-state index contributed by atoms with van der Waals surface area (Å²) in [6, 6.07) is 1.88. The first kappa shape index (κ1) is 23.3. The Morgan fingerprint density at radius 2 is 2.00 bits per heavy atom. The summed E-state index contributed by atoms with van der Waals surface area (Å²) in [6.45, 7) is 4.71. The van der Waals surface area contributed by atoms with Gasteiger partial charge in [-0.25, -0.2) is 18.4 Å². The second-order valence-corrected chi connectivity index (χ2v) is 12.4. The van der Waals surface area contributed by atoms with Crippen LogP contribution in [0.2, 0.25) is 0 Å². The van der Waals surface area contributed by atoms with E-state index in [2.05, 4.69) is 26.8 Å². The van der Waals surface area contributed by atoms with Crippen LogP contribution in [-0.4, -0.2) is 63.1 Å². The van der Waals surface area contributed by atoms with Gasteiger partial charge in [0, 0.05) is 44.6 Å². The zero-order valence-corrected chi connectivity index (χ0v) is 21.9. The van der Waals surface area contributed by atoms with Crippen molar-refractivity contribution in [1.29, 1.82) is 0 Å². The highest BCUT2D eigenvalue weighted by molar-refractivity contribution is 7.91. The van der Waals surface area contributed by atoms with Gasteiger partial charge >= 0.3 is 0 Å². The maximum absolute atomic E-state index is 13.2. The number of rotatable bonds is 6. The Bertz CT molecular complexity index is 1570. The standard InChI is InChI=1S/C24H28N8O2S2/c1-16-10-21(35-24(16)36(33,34)31-8-3-4-9-31)29-22-23-26-13-20(18-12-27-30(2)14-18)32(23)15-19(28-22)17-6-5-7-25-11-17/h6,10,12-15,25H,3-5,7-9,11H2,1-2H3,(H,28,29). The highest BCUT2D eigenvalue weighted by Crippen LogP contribution is 2.36. The Morgan fingerprint density at radius 3 is 2.72 bits per heavy atom. The lowest BCUT2D eigenvalue weighted by Gasteiger charge is -2.16. The zero-order chi connectivity index (χ0) is 24.9. The molecule has 2 N–H and O–H groups in total. The van der Waals surface area contributed by atoms with Gasteiger partial charge in [0.2, 0.25) is 0 Å². The Kier molecular flexibility index (Phi) is 5.91. The lowest BCUT2D eigenvalue weighted by Crippen LogP contribution is -2.27. The molecule has 6 rings (SSSR count). The Balaban J connectivity index is 1.43. The number of anilines is 2. The number of imidazole rings is 1. The summed E-state index contributed by atoms with van der Waals surface area (Å²) in [5.41, 5.74) is 5.23. The average molecular weight is 525 g/mol. The molecule has 0 spiro atoms. The predicted molar refractivity (Wildman–Crippen MR) is 141 cm³/mol. The molecule has 2 aliphatic heterocycles. The molecule has 2 aliphatic rings. The van der Waals surface area contributed by atoms with Gasteiger partial charge in [-0.3, -0.25) is 9.08 Å². The molecule has 4 aromatic heterocycles. The molecule has 0 aromatic carbocycles. The van der Waals surface area contributed by atoms with E-state index in [9.17, 15) is 8.42 Å². The summed E-state index contributed by atoms with van der Waals surface area (Å²) in [5.74, 6) is 0.584. The molecule has 36 heavy (non-hydrogen) atoms. The lowest BCUT2D eigenvalue weighted by atomic mass is 10.1. The third-order valence-corrected chi connectivity index (χ3v) is 10.3. The van der Waals surface area contributed by atoms with E-state index in [1.54, 1.807) is 8.99 Å². The number of aromatic nitrogens is 5. The van der Waals surface area contributed by atoms with E-state index in [1.165, 1.54) is 11.3 Å². The van der Waals surface area contributed by atoms with Gasteiger partial charge in [0.15, 0.2) is 11.5 Å². The summed E-state index contributed by atoms with van der Waals surface area (Å²) in [4.78, 5) is 9.61. The fourth-order valence-electron chi connectivity index (χ4n) is 4.78. The molecular formula is C24H28N8O2S2. The lowest BCUT2D eigenvalue weighted by molar-refractivity contribution is 0.479. The van der Waals surface area contributed by atoms with Crippen molar-refractivity contribution >= 4 is 43.4 Å². The Hall–Kier alpha value is -3.06. The molecule has 0 radical (unpaired) electrons. The van der Waals surface area contributed by atoms with Gasteiger partial charge in [0.25, 0.3) is 10.0 Å². The van der Waals surface area contributed by atoms with Crippen LogP contribution in [0.3, 0.4) is 0 Å². The van der Waals surface area contributed by atoms with Gasteiger partial charge in [-0.15, -0.1) is 11.3 Å². The number of nitrogens with one attached hydrogen (secondary N) is 2. The van der Waals surface area contributed by atoms with Crippen LogP contribution in [0.5, 0.6) is 0 Å². The number of nitrogens with zero attached hydrogens (tertiary/aromatic N) is 6. The summed E-state index contributed by atoms with van der Waals surface area (Å²) in [7, 11) is -1.61. The first-order chi connectivity index (χ1) is 17.4. The van der Waals surface area contributed by atoms with Crippen molar-refractivity contribution < 1.29 is 8.42 Å². The minimum atomic E-state index is -3.49. The van der Waals surface area contributed by atoms with Gasteiger partial charge in [-0.05, 0) is 49.9 Å². The maximum Gasteiger partial charge on any atom is 0.252 e. The van der Waals surface area contributed by atoms with Crippen molar-refractivity contribution in [3.05, 3.63) is 48.2 Å². The predicted octanol–water partition coefficient (Wildman–Crippen LogP) is 3.40.